The highest BCUT2D eigenvalue weighted by molar-refractivity contribution is 7.86. The Kier molecular flexibility index (Phi) is 5.51. The molecule has 0 saturated carbocycles. The molecule has 1 atom stereocenters. The maximum atomic E-state index is 11.2. The first-order valence-corrected chi connectivity index (χ1v) is 8.58. The summed E-state index contributed by atoms with van der Waals surface area (Å²) in [4.78, 5) is 0. The Labute approximate surface area is 82.5 Å². The lowest BCUT2D eigenvalue weighted by Gasteiger charge is -2.08. The fourth-order valence-electron chi connectivity index (χ4n) is 0.735. The molecule has 0 fully saturated rings. The molecule has 0 saturated heterocycles. The van der Waals surface area contributed by atoms with E-state index in [-0.39, 0.29) is 11.7 Å². The monoisotopic (exact) mass is 222 g/mol. The Bertz CT molecular complexity index is 246. The molecule has 0 heterocycles. The van der Waals surface area contributed by atoms with Gasteiger partial charge in [0, 0.05) is 0 Å². The van der Waals surface area contributed by atoms with Crippen LogP contribution < -0.4 is 0 Å². The molecule has 0 aromatic heterocycles. The summed E-state index contributed by atoms with van der Waals surface area (Å²) in [6.45, 7) is 9.32. The predicted molar refractivity (Wildman–Crippen MR) is 57.8 cm³/mol. The van der Waals surface area contributed by atoms with Crippen LogP contribution in [0.15, 0.2) is 12.3 Å². The van der Waals surface area contributed by atoms with Crippen LogP contribution in [0.25, 0.3) is 0 Å². The first-order valence-electron chi connectivity index (χ1n) is 4.37. The lowest BCUT2D eigenvalue weighted by atomic mass is 10.3. The van der Waals surface area contributed by atoms with Crippen molar-refractivity contribution in [3.63, 3.8) is 0 Å². The highest BCUT2D eigenvalue weighted by Crippen LogP contribution is 2.02. The molecule has 78 valence electrons. The lowest BCUT2D eigenvalue weighted by molar-refractivity contribution is 0.369. The minimum absolute atomic E-state index is 0.102. The van der Waals surface area contributed by atoms with E-state index in [0.717, 1.165) is 0 Å². The van der Waals surface area contributed by atoms with Crippen molar-refractivity contribution >= 4 is 18.9 Å². The lowest BCUT2D eigenvalue weighted by Crippen LogP contribution is -2.21. The van der Waals surface area contributed by atoms with Crippen LogP contribution in [0.4, 0.5) is 0 Å². The quantitative estimate of drug-likeness (QED) is 0.499. The second kappa shape index (κ2) is 5.57. The third-order valence-electron chi connectivity index (χ3n) is 1.45. The maximum Gasteiger partial charge on any atom is 0.267 e. The second-order valence-corrected chi connectivity index (χ2v) is 8.06. The largest absolute Gasteiger partial charge is 0.274 e. The molecule has 5 heteroatoms. The van der Waals surface area contributed by atoms with Crippen LogP contribution in [0.3, 0.4) is 0 Å². The van der Waals surface area contributed by atoms with Crippen LogP contribution in [0.5, 0.6) is 0 Å². The summed E-state index contributed by atoms with van der Waals surface area (Å²) >= 11 is 0. The van der Waals surface area contributed by atoms with Crippen LogP contribution in [0.2, 0.25) is 6.55 Å². The van der Waals surface area contributed by atoms with Crippen molar-refractivity contribution in [1.29, 1.82) is 0 Å². The molecule has 0 radical (unpaired) electrons. The van der Waals surface area contributed by atoms with Crippen LogP contribution in [0.1, 0.15) is 13.8 Å². The molecular formula is C8H18O3SSi. The van der Waals surface area contributed by atoms with E-state index in [4.69, 9.17) is 4.18 Å². The van der Waals surface area contributed by atoms with Crippen molar-refractivity contribution in [1.82, 2.24) is 0 Å². The minimum atomic E-state index is -3.30. The summed E-state index contributed by atoms with van der Waals surface area (Å²) in [6.07, 6.45) is 0.332. The molecule has 0 bridgehead atoms. The molecule has 0 aliphatic rings. The Morgan fingerprint density at radius 1 is 1.54 bits per heavy atom. The summed E-state index contributed by atoms with van der Waals surface area (Å²) in [6, 6.07) is 0. The van der Waals surface area contributed by atoms with Crippen LogP contribution in [-0.2, 0) is 14.3 Å². The van der Waals surface area contributed by atoms with Gasteiger partial charge in [-0.1, -0.05) is 20.4 Å². The molecule has 0 aromatic carbocycles. The predicted octanol–water partition coefficient (Wildman–Crippen LogP) is 1.11. The van der Waals surface area contributed by atoms with E-state index in [1.165, 1.54) is 0 Å². The van der Waals surface area contributed by atoms with Crippen molar-refractivity contribution in [3.8, 4) is 0 Å². The van der Waals surface area contributed by atoms with Gasteiger partial charge in [-0.05, 0) is 5.92 Å². The van der Waals surface area contributed by atoms with E-state index >= 15 is 0 Å². The molecule has 3 nitrogen and oxygen atoms in total. The number of hydrogen-bond donors (Lipinski definition) is 0. The Morgan fingerprint density at radius 2 is 2.08 bits per heavy atom. The van der Waals surface area contributed by atoms with Gasteiger partial charge < -0.3 is 0 Å². The van der Waals surface area contributed by atoms with Crippen molar-refractivity contribution in [2.75, 3.05) is 12.0 Å². The molecule has 13 heavy (non-hydrogen) atoms. The van der Waals surface area contributed by atoms with Crippen molar-refractivity contribution in [2.45, 2.75) is 20.4 Å². The second-order valence-electron chi connectivity index (χ2n) is 3.62. The minimum Gasteiger partial charge on any atom is -0.274 e. The average Bonchev–Trinajstić information content (AvgIpc) is 1.98. The van der Waals surface area contributed by atoms with Crippen molar-refractivity contribution < 1.29 is 12.6 Å². The summed E-state index contributed by atoms with van der Waals surface area (Å²) in [7, 11) is -4.46. The van der Waals surface area contributed by atoms with Gasteiger partial charge >= 0.3 is 0 Å². The van der Waals surface area contributed by atoms with E-state index in [1.54, 1.807) is 0 Å². The van der Waals surface area contributed by atoms with E-state index in [0.29, 0.717) is 6.23 Å². The summed E-state index contributed by atoms with van der Waals surface area (Å²) < 4.78 is 27.3. The standard InChI is InChI=1S/C8H18O3SSi/c1-5-13(4)7-11-12(9,10)6-8(2)3/h5,8,13H,1,6-7H2,2-4H3. The van der Waals surface area contributed by atoms with Crippen LogP contribution in [-0.4, -0.2) is 29.2 Å². The highest BCUT2D eigenvalue weighted by atomic mass is 32.2. The van der Waals surface area contributed by atoms with Gasteiger partial charge in [-0.25, -0.2) is 0 Å². The van der Waals surface area contributed by atoms with Gasteiger partial charge in [0.05, 0.1) is 20.8 Å². The van der Waals surface area contributed by atoms with Gasteiger partial charge in [-0.2, -0.15) is 8.42 Å². The molecular weight excluding hydrogens is 204 g/mol. The fourth-order valence-corrected chi connectivity index (χ4v) is 3.47. The third-order valence-corrected chi connectivity index (χ3v) is 4.76. The van der Waals surface area contributed by atoms with Crippen LogP contribution in [0, 0.1) is 5.92 Å². The van der Waals surface area contributed by atoms with Gasteiger partial charge in [0.2, 0.25) is 0 Å². The van der Waals surface area contributed by atoms with Gasteiger partial charge in [-0.15, -0.1) is 12.3 Å². The van der Waals surface area contributed by atoms with E-state index in [1.807, 2.05) is 26.1 Å². The molecule has 0 N–H and O–H groups in total. The van der Waals surface area contributed by atoms with E-state index < -0.39 is 18.9 Å². The number of rotatable bonds is 6. The van der Waals surface area contributed by atoms with Gasteiger partial charge in [0.1, 0.15) is 0 Å². The Balaban J connectivity index is 3.97. The van der Waals surface area contributed by atoms with E-state index in [9.17, 15) is 8.42 Å². The number of hydrogen-bond acceptors (Lipinski definition) is 3. The maximum absolute atomic E-state index is 11.2. The SMILES string of the molecule is C=C[SiH](C)COS(=O)(=O)CC(C)C. The normalized spacial score (nSPS) is 14.5. The van der Waals surface area contributed by atoms with Gasteiger partial charge in [0.15, 0.2) is 0 Å². The van der Waals surface area contributed by atoms with Crippen LogP contribution >= 0.6 is 0 Å². The summed E-state index contributed by atoms with van der Waals surface area (Å²) in [5.74, 6) is 0.219. The molecule has 0 amide bonds. The zero-order chi connectivity index (χ0) is 10.5. The molecule has 1 unspecified atom stereocenters. The fraction of sp³-hybridized carbons (Fsp3) is 0.750. The molecule has 0 rings (SSSR count). The summed E-state index contributed by atoms with van der Waals surface area (Å²) in [5.41, 5.74) is 1.81. The Hall–Kier alpha value is -0.133. The molecule has 0 spiro atoms. The zero-order valence-corrected chi connectivity index (χ0v) is 10.5. The Morgan fingerprint density at radius 3 is 2.46 bits per heavy atom. The zero-order valence-electron chi connectivity index (χ0n) is 8.49. The molecule has 0 aliphatic carbocycles. The average molecular weight is 222 g/mol. The van der Waals surface area contributed by atoms with Gasteiger partial charge in [-0.3, -0.25) is 4.18 Å². The van der Waals surface area contributed by atoms with Crippen molar-refractivity contribution in [3.05, 3.63) is 12.3 Å². The third kappa shape index (κ3) is 6.98. The summed E-state index contributed by atoms with van der Waals surface area (Å²) in [5, 5.41) is 0. The van der Waals surface area contributed by atoms with Gasteiger partial charge in [0.25, 0.3) is 10.1 Å². The highest BCUT2D eigenvalue weighted by Gasteiger charge is 2.14. The smallest absolute Gasteiger partial charge is 0.267 e. The molecule has 0 aliphatic heterocycles. The first kappa shape index (κ1) is 12.9. The first-order chi connectivity index (χ1) is 5.87. The van der Waals surface area contributed by atoms with E-state index in [2.05, 4.69) is 6.58 Å². The molecule has 0 aromatic rings. The van der Waals surface area contributed by atoms with Crippen molar-refractivity contribution in [2.24, 2.45) is 5.92 Å². The topological polar surface area (TPSA) is 43.4 Å².